The van der Waals surface area contributed by atoms with Crippen molar-refractivity contribution in [3.05, 3.63) is 42.0 Å². The third-order valence-corrected chi connectivity index (χ3v) is 7.45. The van der Waals surface area contributed by atoms with Gasteiger partial charge in [-0.25, -0.2) is 9.69 Å². The largest absolute Gasteiger partial charge is 0.478 e. The molecule has 2 bridgehead atoms. The lowest BCUT2D eigenvalue weighted by Crippen LogP contribution is -2.40. The fourth-order valence-corrected chi connectivity index (χ4v) is 5.69. The van der Waals surface area contributed by atoms with Crippen LogP contribution in [0.25, 0.3) is 0 Å². The lowest BCUT2D eigenvalue weighted by Gasteiger charge is -2.29. The SMILES string of the molecule is CCCCCCCCCCCCC12C=CC(O1)C1C(=O)N(c3ccc(C(=O)O)cc3)C(=O)C12. The van der Waals surface area contributed by atoms with Crippen molar-refractivity contribution in [2.45, 2.75) is 89.3 Å². The second kappa shape index (κ2) is 10.2. The number of ether oxygens (including phenoxy) is 1. The fourth-order valence-electron chi connectivity index (χ4n) is 5.69. The van der Waals surface area contributed by atoms with Crippen LogP contribution in [-0.2, 0) is 14.3 Å². The Kier molecular flexibility index (Phi) is 7.32. The van der Waals surface area contributed by atoms with Crippen LogP contribution in [0.2, 0.25) is 0 Å². The summed E-state index contributed by atoms with van der Waals surface area (Å²) in [5.41, 5.74) is -0.128. The summed E-state index contributed by atoms with van der Waals surface area (Å²) in [6.45, 7) is 2.24. The highest BCUT2D eigenvalue weighted by Crippen LogP contribution is 2.54. The molecule has 0 aliphatic carbocycles. The Bertz CT molecular complexity index is 908. The summed E-state index contributed by atoms with van der Waals surface area (Å²) in [5, 5.41) is 9.11. The molecule has 1 aromatic rings. The van der Waals surface area contributed by atoms with Gasteiger partial charge < -0.3 is 9.84 Å². The Hall–Kier alpha value is -2.47. The van der Waals surface area contributed by atoms with E-state index >= 15 is 0 Å². The third kappa shape index (κ3) is 4.63. The second-order valence-electron chi connectivity index (χ2n) is 9.70. The summed E-state index contributed by atoms with van der Waals surface area (Å²) in [5.74, 6) is -2.48. The molecule has 0 saturated carbocycles. The number of carbonyl (C=O) groups is 3. The maximum absolute atomic E-state index is 13.4. The molecule has 3 aliphatic heterocycles. The van der Waals surface area contributed by atoms with Crippen LogP contribution in [0.5, 0.6) is 0 Å². The average molecular weight is 454 g/mol. The van der Waals surface area contributed by atoms with E-state index in [4.69, 9.17) is 9.84 Å². The molecule has 0 aromatic heterocycles. The summed E-state index contributed by atoms with van der Waals surface area (Å²) in [7, 11) is 0. The Morgan fingerprint density at radius 2 is 1.55 bits per heavy atom. The summed E-state index contributed by atoms with van der Waals surface area (Å²) in [6.07, 6.45) is 16.8. The van der Waals surface area contributed by atoms with Crippen LogP contribution >= 0.6 is 0 Å². The highest BCUT2D eigenvalue weighted by molar-refractivity contribution is 6.23. The van der Waals surface area contributed by atoms with Crippen molar-refractivity contribution in [2.24, 2.45) is 11.8 Å². The highest BCUT2D eigenvalue weighted by Gasteiger charge is 2.67. The van der Waals surface area contributed by atoms with E-state index in [0.29, 0.717) is 5.69 Å². The summed E-state index contributed by atoms with van der Waals surface area (Å²) in [4.78, 5) is 38.9. The van der Waals surface area contributed by atoms with E-state index in [2.05, 4.69) is 6.92 Å². The van der Waals surface area contributed by atoms with Crippen molar-refractivity contribution >= 4 is 23.5 Å². The van der Waals surface area contributed by atoms with Gasteiger partial charge in [-0.2, -0.15) is 0 Å². The molecule has 6 nitrogen and oxygen atoms in total. The Labute approximate surface area is 196 Å². The molecule has 1 aromatic carbocycles. The Balaban J connectivity index is 1.32. The Morgan fingerprint density at radius 3 is 2.15 bits per heavy atom. The minimum atomic E-state index is -1.04. The number of unbranched alkanes of at least 4 members (excludes halogenated alkanes) is 9. The molecule has 2 fully saturated rings. The molecule has 2 amide bonds. The number of aromatic carboxylic acids is 1. The van der Waals surface area contributed by atoms with Crippen LogP contribution in [0.4, 0.5) is 5.69 Å². The maximum atomic E-state index is 13.4. The van der Waals surface area contributed by atoms with Crippen molar-refractivity contribution in [3.8, 4) is 0 Å². The third-order valence-electron chi connectivity index (χ3n) is 7.45. The van der Waals surface area contributed by atoms with Gasteiger partial charge in [-0.15, -0.1) is 0 Å². The quantitative estimate of drug-likeness (QED) is 0.242. The molecule has 6 heteroatoms. The van der Waals surface area contributed by atoms with Gasteiger partial charge in [0.2, 0.25) is 11.8 Å². The standard InChI is InChI=1S/C27H35NO5/c1-2-3-4-5-6-7-8-9-10-11-17-27-18-16-21(33-27)22-23(27)25(30)28(24(22)29)20-14-12-19(13-15-20)26(31)32/h12-16,18,21-23H,2-11,17H2,1H3,(H,31,32). The minimum absolute atomic E-state index is 0.125. The van der Waals surface area contributed by atoms with Gasteiger partial charge >= 0.3 is 5.97 Å². The number of imide groups is 1. The van der Waals surface area contributed by atoms with Crippen LogP contribution < -0.4 is 4.90 Å². The molecule has 33 heavy (non-hydrogen) atoms. The van der Waals surface area contributed by atoms with Crippen LogP contribution in [-0.4, -0.2) is 34.6 Å². The monoisotopic (exact) mass is 453 g/mol. The van der Waals surface area contributed by atoms with Crippen LogP contribution in [0.1, 0.15) is 87.9 Å². The smallest absolute Gasteiger partial charge is 0.335 e. The first kappa shape index (κ1) is 23.7. The summed E-state index contributed by atoms with van der Waals surface area (Å²) in [6, 6.07) is 5.92. The van der Waals surface area contributed by atoms with Crippen LogP contribution in [0.15, 0.2) is 36.4 Å². The number of benzene rings is 1. The molecular formula is C27H35NO5. The molecule has 3 aliphatic rings. The number of hydrogen-bond acceptors (Lipinski definition) is 4. The average Bonchev–Trinajstić information content (AvgIpc) is 3.45. The topological polar surface area (TPSA) is 83.9 Å². The zero-order valence-corrected chi connectivity index (χ0v) is 19.5. The number of carbonyl (C=O) groups excluding carboxylic acids is 2. The van der Waals surface area contributed by atoms with Gasteiger partial charge in [0.15, 0.2) is 0 Å². The van der Waals surface area contributed by atoms with Gasteiger partial charge in [0.1, 0.15) is 0 Å². The van der Waals surface area contributed by atoms with Crippen molar-refractivity contribution in [2.75, 3.05) is 4.90 Å². The van der Waals surface area contributed by atoms with E-state index in [1.54, 1.807) is 0 Å². The highest BCUT2D eigenvalue weighted by atomic mass is 16.5. The van der Waals surface area contributed by atoms with Crippen molar-refractivity contribution < 1.29 is 24.2 Å². The van der Waals surface area contributed by atoms with Gasteiger partial charge in [-0.05, 0) is 30.7 Å². The lowest BCUT2D eigenvalue weighted by molar-refractivity contribution is -0.126. The number of hydrogen-bond donors (Lipinski definition) is 1. The Morgan fingerprint density at radius 1 is 0.939 bits per heavy atom. The van der Waals surface area contributed by atoms with E-state index in [0.717, 1.165) is 19.3 Å². The van der Waals surface area contributed by atoms with Gasteiger partial charge in [-0.3, -0.25) is 9.59 Å². The number of nitrogens with zero attached hydrogens (tertiary/aromatic N) is 1. The zero-order valence-electron chi connectivity index (χ0n) is 19.5. The first-order chi connectivity index (χ1) is 16.0. The molecule has 4 rings (SSSR count). The number of carboxylic acids is 1. The fraction of sp³-hybridized carbons (Fsp3) is 0.593. The van der Waals surface area contributed by atoms with E-state index in [1.165, 1.54) is 80.5 Å². The summed E-state index contributed by atoms with van der Waals surface area (Å²) < 4.78 is 6.23. The minimum Gasteiger partial charge on any atom is -0.478 e. The lowest BCUT2D eigenvalue weighted by atomic mass is 9.74. The van der Waals surface area contributed by atoms with Gasteiger partial charge in [-0.1, -0.05) is 83.3 Å². The number of amides is 2. The van der Waals surface area contributed by atoms with Gasteiger partial charge in [0.05, 0.1) is 34.8 Å². The predicted octanol–water partition coefficient (Wildman–Crippen LogP) is 5.51. The molecule has 1 N–H and O–H groups in total. The van der Waals surface area contributed by atoms with Crippen molar-refractivity contribution in [3.63, 3.8) is 0 Å². The van der Waals surface area contributed by atoms with E-state index in [1.807, 2.05) is 12.2 Å². The molecule has 3 heterocycles. The predicted molar refractivity (Wildman–Crippen MR) is 126 cm³/mol. The maximum Gasteiger partial charge on any atom is 0.335 e. The molecule has 2 saturated heterocycles. The molecular weight excluding hydrogens is 418 g/mol. The van der Waals surface area contributed by atoms with Gasteiger partial charge in [0.25, 0.3) is 0 Å². The normalized spacial score (nSPS) is 27.5. The van der Waals surface area contributed by atoms with E-state index in [9.17, 15) is 14.4 Å². The molecule has 0 spiro atoms. The number of anilines is 1. The second-order valence-corrected chi connectivity index (χ2v) is 9.70. The zero-order chi connectivity index (χ0) is 23.4. The molecule has 4 unspecified atom stereocenters. The molecule has 4 atom stereocenters. The van der Waals surface area contributed by atoms with Crippen LogP contribution in [0, 0.1) is 11.8 Å². The summed E-state index contributed by atoms with van der Waals surface area (Å²) >= 11 is 0. The molecule has 0 radical (unpaired) electrons. The number of rotatable bonds is 13. The van der Waals surface area contributed by atoms with Crippen molar-refractivity contribution in [1.82, 2.24) is 0 Å². The number of carboxylic acid groups (broad SMARTS) is 1. The first-order valence-electron chi connectivity index (χ1n) is 12.6. The molecule has 178 valence electrons. The van der Waals surface area contributed by atoms with Crippen LogP contribution in [0.3, 0.4) is 0 Å². The van der Waals surface area contributed by atoms with Gasteiger partial charge in [0, 0.05) is 0 Å². The van der Waals surface area contributed by atoms with E-state index < -0.39 is 23.4 Å². The number of fused-ring (bicyclic) bond motifs is 5. The van der Waals surface area contributed by atoms with Crippen molar-refractivity contribution in [1.29, 1.82) is 0 Å². The van der Waals surface area contributed by atoms with E-state index in [-0.39, 0.29) is 23.5 Å². The first-order valence-corrected chi connectivity index (χ1v) is 12.6.